The number of ketones is 1. The number of Topliss-reactive ketones (excluding diaryl/α,β-unsaturated/α-hetero) is 1. The van der Waals surface area contributed by atoms with Gasteiger partial charge in [-0.3, -0.25) is 9.52 Å². The van der Waals surface area contributed by atoms with Gasteiger partial charge in [-0.05, 0) is 18.2 Å². The van der Waals surface area contributed by atoms with Gasteiger partial charge in [0.2, 0.25) is 10.0 Å². The number of hydrogen-bond acceptors (Lipinski definition) is 3. The Kier molecular flexibility index (Phi) is 3.64. The van der Waals surface area contributed by atoms with Gasteiger partial charge in [-0.1, -0.05) is 6.92 Å². The summed E-state index contributed by atoms with van der Waals surface area (Å²) >= 11 is 0. The van der Waals surface area contributed by atoms with Crippen LogP contribution >= 0.6 is 0 Å². The maximum Gasteiger partial charge on any atom is 0.229 e. The summed E-state index contributed by atoms with van der Waals surface area (Å²) in [7, 11) is -3.42. The second-order valence-electron chi connectivity index (χ2n) is 3.35. The monoisotopic (exact) mass is 245 g/mol. The van der Waals surface area contributed by atoms with E-state index in [1.165, 1.54) is 12.1 Å². The number of anilines is 1. The topological polar surface area (TPSA) is 63.2 Å². The molecule has 0 heterocycles. The van der Waals surface area contributed by atoms with Crippen molar-refractivity contribution >= 4 is 21.5 Å². The number of sulfonamides is 1. The van der Waals surface area contributed by atoms with Crippen LogP contribution in [-0.2, 0) is 10.0 Å². The summed E-state index contributed by atoms with van der Waals surface area (Å²) in [4.78, 5) is 11.3. The van der Waals surface area contributed by atoms with Crippen LogP contribution in [-0.4, -0.2) is 20.5 Å². The third-order valence-electron chi connectivity index (χ3n) is 1.89. The maximum atomic E-state index is 13.2. The van der Waals surface area contributed by atoms with E-state index in [-0.39, 0.29) is 23.5 Å². The van der Waals surface area contributed by atoms with Gasteiger partial charge in [0.15, 0.2) is 5.78 Å². The van der Waals surface area contributed by atoms with Gasteiger partial charge in [-0.15, -0.1) is 0 Å². The van der Waals surface area contributed by atoms with Crippen LogP contribution in [0.4, 0.5) is 10.1 Å². The molecule has 1 aromatic carbocycles. The highest BCUT2D eigenvalue weighted by Crippen LogP contribution is 2.17. The van der Waals surface area contributed by atoms with Crippen molar-refractivity contribution in [3.63, 3.8) is 0 Å². The summed E-state index contributed by atoms with van der Waals surface area (Å²) in [5.74, 6) is -1.01. The van der Waals surface area contributed by atoms with Crippen molar-refractivity contribution in [1.29, 1.82) is 0 Å². The Balaban J connectivity index is 3.12. The highest BCUT2D eigenvalue weighted by Gasteiger charge is 2.11. The number of carbonyl (C=O) groups excluding carboxylic acids is 1. The summed E-state index contributed by atoms with van der Waals surface area (Å²) in [5.41, 5.74) is 0.0804. The lowest BCUT2D eigenvalue weighted by molar-refractivity contribution is 0.0984. The molecule has 0 aliphatic heterocycles. The molecule has 0 radical (unpaired) electrons. The van der Waals surface area contributed by atoms with E-state index in [1.54, 1.807) is 6.92 Å². The molecule has 6 heteroatoms. The van der Waals surface area contributed by atoms with E-state index in [1.807, 2.05) is 0 Å². The molecule has 1 aromatic rings. The Morgan fingerprint density at radius 1 is 1.44 bits per heavy atom. The first-order valence-electron chi connectivity index (χ1n) is 4.64. The van der Waals surface area contributed by atoms with Crippen molar-refractivity contribution in [1.82, 2.24) is 0 Å². The predicted molar refractivity (Wildman–Crippen MR) is 59.5 cm³/mol. The third kappa shape index (κ3) is 3.30. The lowest BCUT2D eigenvalue weighted by Crippen LogP contribution is -2.11. The number of halogens is 1. The molecule has 0 aromatic heterocycles. The maximum absolute atomic E-state index is 13.2. The van der Waals surface area contributed by atoms with Crippen molar-refractivity contribution in [3.8, 4) is 0 Å². The SMILES string of the molecule is CCC(=O)c1cc(NS(C)(=O)=O)ccc1F. The molecule has 0 fully saturated rings. The Morgan fingerprint density at radius 2 is 2.06 bits per heavy atom. The first kappa shape index (κ1) is 12.6. The fourth-order valence-corrected chi connectivity index (χ4v) is 1.76. The van der Waals surface area contributed by atoms with Gasteiger partial charge in [0.25, 0.3) is 0 Å². The van der Waals surface area contributed by atoms with Crippen LogP contribution < -0.4 is 4.72 Å². The number of carbonyl (C=O) groups is 1. The summed E-state index contributed by atoms with van der Waals surface area (Å²) in [6, 6.07) is 3.53. The van der Waals surface area contributed by atoms with Gasteiger partial charge in [0.05, 0.1) is 11.8 Å². The molecule has 88 valence electrons. The second-order valence-corrected chi connectivity index (χ2v) is 5.09. The van der Waals surface area contributed by atoms with E-state index < -0.39 is 15.8 Å². The standard InChI is InChI=1S/C10H12FNO3S/c1-3-10(13)8-6-7(4-5-9(8)11)12-16(2,14)15/h4-6,12H,3H2,1-2H3. The molecule has 0 aliphatic rings. The summed E-state index contributed by atoms with van der Waals surface area (Å²) < 4.78 is 37.3. The van der Waals surface area contributed by atoms with Crippen LogP contribution in [0.3, 0.4) is 0 Å². The Bertz CT molecular complexity index is 511. The molecule has 0 amide bonds. The fraction of sp³-hybridized carbons (Fsp3) is 0.300. The van der Waals surface area contributed by atoms with Gasteiger partial charge in [-0.2, -0.15) is 0 Å². The van der Waals surface area contributed by atoms with Crippen molar-refractivity contribution in [2.24, 2.45) is 0 Å². The molecule has 0 unspecified atom stereocenters. The van der Waals surface area contributed by atoms with Gasteiger partial charge in [-0.25, -0.2) is 12.8 Å². The first-order valence-corrected chi connectivity index (χ1v) is 6.53. The minimum absolute atomic E-state index is 0.101. The molecule has 0 bridgehead atoms. The Labute approximate surface area is 93.5 Å². The van der Waals surface area contributed by atoms with Gasteiger partial charge < -0.3 is 0 Å². The first-order chi connectivity index (χ1) is 7.33. The van der Waals surface area contributed by atoms with Crippen molar-refractivity contribution in [2.75, 3.05) is 11.0 Å². The molecule has 0 spiro atoms. The van der Waals surface area contributed by atoms with Crippen LogP contribution in [0, 0.1) is 5.82 Å². The van der Waals surface area contributed by atoms with Gasteiger partial charge in [0, 0.05) is 12.1 Å². The molecular weight excluding hydrogens is 233 g/mol. The lowest BCUT2D eigenvalue weighted by Gasteiger charge is -2.06. The quantitative estimate of drug-likeness (QED) is 0.822. The number of nitrogens with one attached hydrogen (secondary N) is 1. The zero-order valence-corrected chi connectivity index (χ0v) is 9.77. The Morgan fingerprint density at radius 3 is 2.56 bits per heavy atom. The predicted octanol–water partition coefficient (Wildman–Crippen LogP) is 1.79. The zero-order chi connectivity index (χ0) is 12.3. The third-order valence-corrected chi connectivity index (χ3v) is 2.50. The molecular formula is C10H12FNO3S. The van der Waals surface area contributed by atoms with E-state index in [0.29, 0.717) is 0 Å². The number of benzene rings is 1. The van der Waals surface area contributed by atoms with Crippen molar-refractivity contribution in [3.05, 3.63) is 29.6 Å². The van der Waals surface area contributed by atoms with Crippen molar-refractivity contribution in [2.45, 2.75) is 13.3 Å². The molecule has 1 N–H and O–H groups in total. The van der Waals surface area contributed by atoms with E-state index >= 15 is 0 Å². The summed E-state index contributed by atoms with van der Waals surface area (Å²) in [5, 5.41) is 0. The smallest absolute Gasteiger partial charge is 0.229 e. The number of hydrogen-bond donors (Lipinski definition) is 1. The second kappa shape index (κ2) is 4.61. The molecule has 0 atom stereocenters. The van der Waals surface area contributed by atoms with Gasteiger partial charge >= 0.3 is 0 Å². The molecule has 0 saturated carbocycles. The van der Waals surface area contributed by atoms with Crippen LogP contribution in [0.5, 0.6) is 0 Å². The highest BCUT2D eigenvalue weighted by molar-refractivity contribution is 7.92. The average Bonchev–Trinajstić information content (AvgIpc) is 2.18. The van der Waals surface area contributed by atoms with E-state index in [0.717, 1.165) is 12.3 Å². The van der Waals surface area contributed by atoms with Gasteiger partial charge in [0.1, 0.15) is 5.82 Å². The van der Waals surface area contributed by atoms with E-state index in [9.17, 15) is 17.6 Å². The average molecular weight is 245 g/mol. The fourth-order valence-electron chi connectivity index (χ4n) is 1.21. The molecule has 1 rings (SSSR count). The summed E-state index contributed by atoms with van der Waals surface area (Å²) in [6.07, 6.45) is 1.15. The minimum atomic E-state index is -3.42. The highest BCUT2D eigenvalue weighted by atomic mass is 32.2. The molecule has 4 nitrogen and oxygen atoms in total. The van der Waals surface area contributed by atoms with Crippen LogP contribution in [0.1, 0.15) is 23.7 Å². The minimum Gasteiger partial charge on any atom is -0.294 e. The number of rotatable bonds is 4. The zero-order valence-electron chi connectivity index (χ0n) is 8.95. The molecule has 0 aliphatic carbocycles. The molecule has 16 heavy (non-hydrogen) atoms. The summed E-state index contributed by atoms with van der Waals surface area (Å²) in [6.45, 7) is 1.61. The normalized spacial score (nSPS) is 11.2. The Hall–Kier alpha value is -1.43. The van der Waals surface area contributed by atoms with Crippen LogP contribution in [0.25, 0.3) is 0 Å². The van der Waals surface area contributed by atoms with E-state index in [2.05, 4.69) is 4.72 Å². The van der Waals surface area contributed by atoms with Crippen molar-refractivity contribution < 1.29 is 17.6 Å². The largest absolute Gasteiger partial charge is 0.294 e. The molecule has 0 saturated heterocycles. The van der Waals surface area contributed by atoms with E-state index in [4.69, 9.17) is 0 Å². The van der Waals surface area contributed by atoms with Crippen LogP contribution in [0.15, 0.2) is 18.2 Å². The lowest BCUT2D eigenvalue weighted by atomic mass is 10.1. The van der Waals surface area contributed by atoms with Crippen LogP contribution in [0.2, 0.25) is 0 Å².